The zero-order valence-electron chi connectivity index (χ0n) is 6.51. The molecule has 2 N–H and O–H groups in total. The molecule has 0 aliphatic heterocycles. The topological polar surface area (TPSA) is 38.9 Å². The molecule has 0 fully saturated rings. The predicted molar refractivity (Wildman–Crippen MR) is 44.1 cm³/mol. The number of aromatic nitrogens is 1. The summed E-state index contributed by atoms with van der Waals surface area (Å²) in [6, 6.07) is 0. The predicted octanol–water partition coefficient (Wildman–Crippen LogP) is 1.65. The molecule has 0 radical (unpaired) electrons. The molecule has 1 aromatic rings. The van der Waals surface area contributed by atoms with Crippen molar-refractivity contribution in [3.63, 3.8) is 0 Å². The molecule has 0 bridgehead atoms. The van der Waals surface area contributed by atoms with Gasteiger partial charge in [0.1, 0.15) is 0 Å². The second-order valence-corrected chi connectivity index (χ2v) is 4.02. The molecule has 0 unspecified atom stereocenters. The van der Waals surface area contributed by atoms with E-state index in [0.29, 0.717) is 0 Å². The van der Waals surface area contributed by atoms with Gasteiger partial charge in [0.05, 0.1) is 0 Å². The molecule has 0 atom stereocenters. The first-order valence-electron chi connectivity index (χ1n) is 3.22. The zero-order chi connectivity index (χ0) is 7.78. The Balaban J connectivity index is 3.05. The molecule has 56 valence electrons. The zero-order valence-corrected chi connectivity index (χ0v) is 7.33. The Morgan fingerprint density at radius 2 is 2.20 bits per heavy atom. The highest BCUT2D eigenvalue weighted by molar-refractivity contribution is 7.05. The van der Waals surface area contributed by atoms with Crippen molar-refractivity contribution in [1.82, 2.24) is 4.37 Å². The number of nitrogens with zero attached hydrogens (tertiary/aromatic N) is 1. The van der Waals surface area contributed by atoms with E-state index in [0.717, 1.165) is 5.56 Å². The van der Waals surface area contributed by atoms with Gasteiger partial charge in [-0.15, -0.1) is 0 Å². The second kappa shape index (κ2) is 2.32. The van der Waals surface area contributed by atoms with Crippen molar-refractivity contribution in [3.05, 3.63) is 16.6 Å². The maximum Gasteiger partial charge on any atom is 0.0460 e. The minimum absolute atomic E-state index is 0.239. The van der Waals surface area contributed by atoms with Gasteiger partial charge in [0, 0.05) is 22.2 Å². The summed E-state index contributed by atoms with van der Waals surface area (Å²) in [5.41, 5.74) is 6.78. The average Bonchev–Trinajstić information content (AvgIpc) is 2.11. The van der Waals surface area contributed by atoms with Gasteiger partial charge >= 0.3 is 0 Å². The highest BCUT2D eigenvalue weighted by Crippen LogP contribution is 2.22. The lowest BCUT2D eigenvalue weighted by atomic mass is 9.98. The summed E-state index contributed by atoms with van der Waals surface area (Å²) >= 11 is 1.50. The van der Waals surface area contributed by atoms with Crippen molar-refractivity contribution in [3.8, 4) is 0 Å². The van der Waals surface area contributed by atoms with Crippen molar-refractivity contribution < 1.29 is 0 Å². The molecular weight excluding hydrogens is 144 g/mol. The molecule has 1 rings (SSSR count). The number of aryl methyl sites for hydroxylation is 1. The van der Waals surface area contributed by atoms with E-state index < -0.39 is 0 Å². The van der Waals surface area contributed by atoms with Crippen molar-refractivity contribution in [1.29, 1.82) is 0 Å². The van der Waals surface area contributed by atoms with Crippen LogP contribution in [0.2, 0.25) is 0 Å². The second-order valence-electron chi connectivity index (χ2n) is 3.02. The van der Waals surface area contributed by atoms with Gasteiger partial charge in [0.2, 0.25) is 0 Å². The molecular formula is C7H12N2S. The molecule has 0 saturated heterocycles. The first kappa shape index (κ1) is 7.69. The lowest BCUT2D eigenvalue weighted by Gasteiger charge is -2.17. The van der Waals surface area contributed by atoms with Crippen LogP contribution in [-0.4, -0.2) is 4.37 Å². The quantitative estimate of drug-likeness (QED) is 0.671. The SMILES string of the molecule is Cc1sncc1C(C)(C)N. The number of rotatable bonds is 1. The normalized spacial score (nSPS) is 12.0. The standard InChI is InChI=1S/C7H12N2S/c1-5-6(4-9-10-5)7(2,3)8/h4H,8H2,1-3H3. The molecule has 0 amide bonds. The summed E-state index contributed by atoms with van der Waals surface area (Å²) in [5, 5.41) is 0. The Morgan fingerprint density at radius 1 is 1.60 bits per heavy atom. The smallest absolute Gasteiger partial charge is 0.0460 e. The first-order chi connectivity index (χ1) is 4.52. The van der Waals surface area contributed by atoms with Crippen LogP contribution in [0.4, 0.5) is 0 Å². The molecule has 0 saturated carbocycles. The van der Waals surface area contributed by atoms with Gasteiger partial charge in [-0.05, 0) is 32.3 Å². The maximum atomic E-state index is 5.87. The van der Waals surface area contributed by atoms with E-state index in [1.54, 1.807) is 0 Å². The molecule has 3 heteroatoms. The van der Waals surface area contributed by atoms with E-state index >= 15 is 0 Å². The van der Waals surface area contributed by atoms with E-state index in [2.05, 4.69) is 4.37 Å². The Morgan fingerprint density at radius 3 is 2.40 bits per heavy atom. The van der Waals surface area contributed by atoms with E-state index in [4.69, 9.17) is 5.73 Å². The highest BCUT2D eigenvalue weighted by Gasteiger charge is 2.17. The van der Waals surface area contributed by atoms with Gasteiger partial charge in [0.25, 0.3) is 0 Å². The molecule has 0 aliphatic rings. The van der Waals surface area contributed by atoms with Gasteiger partial charge in [-0.2, -0.15) is 0 Å². The molecule has 2 nitrogen and oxygen atoms in total. The lowest BCUT2D eigenvalue weighted by Crippen LogP contribution is -2.28. The lowest BCUT2D eigenvalue weighted by molar-refractivity contribution is 0.552. The van der Waals surface area contributed by atoms with E-state index in [1.807, 2.05) is 27.0 Å². The molecule has 1 heterocycles. The summed E-state index contributed by atoms with van der Waals surface area (Å²) < 4.78 is 4.05. The van der Waals surface area contributed by atoms with Crippen LogP contribution in [0.3, 0.4) is 0 Å². The van der Waals surface area contributed by atoms with Gasteiger partial charge in [-0.25, -0.2) is 4.37 Å². The van der Waals surface area contributed by atoms with Crippen LogP contribution in [-0.2, 0) is 5.54 Å². The highest BCUT2D eigenvalue weighted by atomic mass is 32.1. The third-order valence-corrected chi connectivity index (χ3v) is 2.15. The number of hydrogen-bond acceptors (Lipinski definition) is 3. The van der Waals surface area contributed by atoms with Crippen molar-refractivity contribution >= 4 is 11.5 Å². The van der Waals surface area contributed by atoms with Gasteiger partial charge in [0.15, 0.2) is 0 Å². The summed E-state index contributed by atoms with van der Waals surface area (Å²) in [7, 11) is 0. The van der Waals surface area contributed by atoms with Crippen LogP contribution < -0.4 is 5.73 Å². The Hall–Kier alpha value is -0.410. The summed E-state index contributed by atoms with van der Waals surface area (Å²) in [6.07, 6.45) is 1.85. The van der Waals surface area contributed by atoms with Gasteiger partial charge < -0.3 is 5.73 Å². The van der Waals surface area contributed by atoms with Crippen LogP contribution >= 0.6 is 11.5 Å². The van der Waals surface area contributed by atoms with E-state index in [1.165, 1.54) is 16.4 Å². The summed E-state index contributed by atoms with van der Waals surface area (Å²) in [4.78, 5) is 1.22. The third-order valence-electron chi connectivity index (χ3n) is 1.44. The van der Waals surface area contributed by atoms with Crippen LogP contribution in [0.25, 0.3) is 0 Å². The van der Waals surface area contributed by atoms with Crippen LogP contribution in [0.15, 0.2) is 6.20 Å². The largest absolute Gasteiger partial charge is 0.322 e. The summed E-state index contributed by atoms with van der Waals surface area (Å²) in [6.45, 7) is 6.02. The van der Waals surface area contributed by atoms with Gasteiger partial charge in [-0.1, -0.05) is 0 Å². The van der Waals surface area contributed by atoms with Crippen molar-refractivity contribution in [2.45, 2.75) is 26.3 Å². The number of nitrogens with two attached hydrogens (primary N) is 1. The Kier molecular flexibility index (Phi) is 1.79. The summed E-state index contributed by atoms with van der Waals surface area (Å²) in [5.74, 6) is 0. The van der Waals surface area contributed by atoms with Crippen LogP contribution in [0, 0.1) is 6.92 Å². The van der Waals surface area contributed by atoms with E-state index in [-0.39, 0.29) is 5.54 Å². The fourth-order valence-electron chi connectivity index (χ4n) is 0.918. The molecule has 0 aliphatic carbocycles. The minimum Gasteiger partial charge on any atom is -0.322 e. The molecule has 0 spiro atoms. The maximum absolute atomic E-state index is 5.87. The fraction of sp³-hybridized carbons (Fsp3) is 0.571. The molecule has 0 aromatic carbocycles. The van der Waals surface area contributed by atoms with E-state index in [9.17, 15) is 0 Å². The first-order valence-corrected chi connectivity index (χ1v) is 4.00. The fourth-order valence-corrected chi connectivity index (χ4v) is 1.65. The van der Waals surface area contributed by atoms with Crippen LogP contribution in [0.1, 0.15) is 24.3 Å². The average molecular weight is 156 g/mol. The monoisotopic (exact) mass is 156 g/mol. The van der Waals surface area contributed by atoms with Crippen molar-refractivity contribution in [2.24, 2.45) is 5.73 Å². The Labute approximate surface area is 65.2 Å². The van der Waals surface area contributed by atoms with Crippen LogP contribution in [0.5, 0.6) is 0 Å². The van der Waals surface area contributed by atoms with Gasteiger partial charge in [-0.3, -0.25) is 0 Å². The molecule has 1 aromatic heterocycles. The molecule has 10 heavy (non-hydrogen) atoms. The van der Waals surface area contributed by atoms with Crippen molar-refractivity contribution in [2.75, 3.05) is 0 Å². The third kappa shape index (κ3) is 1.36. The minimum atomic E-state index is -0.239. The number of hydrogen-bond donors (Lipinski definition) is 1. The Bertz CT molecular complexity index is 222.